The molecule has 0 aliphatic heterocycles. The number of phenols is 1. The van der Waals surface area contributed by atoms with Gasteiger partial charge >= 0.3 is 5.69 Å². The molecule has 8 nitrogen and oxygen atoms in total. The summed E-state index contributed by atoms with van der Waals surface area (Å²) in [5, 5.41) is 27.8. The van der Waals surface area contributed by atoms with Crippen LogP contribution >= 0.6 is 0 Å². The van der Waals surface area contributed by atoms with Crippen LogP contribution in [0.1, 0.15) is 0 Å². The Morgan fingerprint density at radius 1 is 0.900 bits per heavy atom. The predicted octanol–water partition coefficient (Wildman–Crippen LogP) is 2.56. The van der Waals surface area contributed by atoms with E-state index >= 15 is 0 Å². The third-order valence-corrected chi connectivity index (χ3v) is 2.00. The summed E-state index contributed by atoms with van der Waals surface area (Å²) in [6, 6.07) is 13.7. The van der Waals surface area contributed by atoms with Crippen LogP contribution in [0.4, 0.5) is 5.69 Å². The molecule has 0 radical (unpaired) electrons. The highest BCUT2D eigenvalue weighted by molar-refractivity contribution is 5.44. The van der Waals surface area contributed by atoms with Crippen LogP contribution in [0.15, 0.2) is 54.6 Å². The van der Waals surface area contributed by atoms with Crippen LogP contribution < -0.4 is 4.84 Å². The Kier molecular flexibility index (Phi) is 5.45. The summed E-state index contributed by atoms with van der Waals surface area (Å²) in [5.74, 6) is -0.0556. The zero-order chi connectivity index (χ0) is 15.0. The number of rotatable bonds is 3. The van der Waals surface area contributed by atoms with E-state index in [0.717, 1.165) is 0 Å². The smallest absolute Gasteiger partial charge is 0.310 e. The predicted molar refractivity (Wildman–Crippen MR) is 68.8 cm³/mol. The van der Waals surface area contributed by atoms with Gasteiger partial charge in [0.2, 0.25) is 0 Å². The number of nitro benzene ring substituents is 1. The van der Waals surface area contributed by atoms with E-state index in [2.05, 4.69) is 4.84 Å². The van der Waals surface area contributed by atoms with E-state index in [9.17, 15) is 20.2 Å². The third-order valence-electron chi connectivity index (χ3n) is 2.00. The molecule has 0 saturated heterocycles. The molecule has 2 aromatic rings. The van der Waals surface area contributed by atoms with Crippen molar-refractivity contribution in [2.24, 2.45) is 0 Å². The minimum Gasteiger partial charge on any atom is -0.502 e. The second-order valence-corrected chi connectivity index (χ2v) is 3.37. The van der Waals surface area contributed by atoms with Crippen molar-refractivity contribution in [2.45, 2.75) is 0 Å². The van der Waals surface area contributed by atoms with Gasteiger partial charge in [-0.2, -0.15) is 0 Å². The van der Waals surface area contributed by atoms with Gasteiger partial charge in [-0.15, -0.1) is 10.1 Å². The summed E-state index contributed by atoms with van der Waals surface area (Å²) < 4.78 is 0. The number of para-hydroxylation sites is 3. The summed E-state index contributed by atoms with van der Waals surface area (Å²) in [7, 11) is 0. The molecule has 0 aliphatic carbocycles. The van der Waals surface area contributed by atoms with Crippen LogP contribution in [0.3, 0.4) is 0 Å². The molecular formula is C12H10N2O6. The second kappa shape index (κ2) is 7.31. The van der Waals surface area contributed by atoms with Crippen molar-refractivity contribution >= 4 is 5.69 Å². The van der Waals surface area contributed by atoms with Crippen LogP contribution in [0.25, 0.3) is 0 Å². The number of nitrogens with zero attached hydrogens (tertiary/aromatic N) is 2. The molecule has 1 N–H and O–H groups in total. The number of nitro groups is 1. The number of hydrogen-bond donors (Lipinski definition) is 1. The molecule has 104 valence electrons. The summed E-state index contributed by atoms with van der Waals surface area (Å²) in [6.45, 7) is 0. The first-order chi connectivity index (χ1) is 9.50. The SMILES string of the molecule is O=[N+]([O-])Oc1ccccc1.O=[N+]([O-])c1ccccc1O. The molecule has 0 unspecified atom stereocenters. The van der Waals surface area contributed by atoms with Crippen molar-refractivity contribution in [3.8, 4) is 11.5 Å². The van der Waals surface area contributed by atoms with Crippen molar-refractivity contribution in [2.75, 3.05) is 0 Å². The first-order valence-corrected chi connectivity index (χ1v) is 5.30. The number of aromatic hydroxyl groups is 1. The highest BCUT2D eigenvalue weighted by Gasteiger charge is 2.09. The van der Waals surface area contributed by atoms with Gasteiger partial charge in [0.15, 0.2) is 5.75 Å². The quantitative estimate of drug-likeness (QED) is 0.681. The van der Waals surface area contributed by atoms with Crippen LogP contribution in [-0.4, -0.2) is 15.1 Å². The first kappa shape index (κ1) is 14.9. The van der Waals surface area contributed by atoms with E-state index in [4.69, 9.17) is 5.11 Å². The van der Waals surface area contributed by atoms with Crippen LogP contribution in [0.5, 0.6) is 11.5 Å². The molecule has 0 saturated carbocycles. The molecule has 8 heteroatoms. The average molecular weight is 278 g/mol. The molecule has 0 fully saturated rings. The average Bonchev–Trinajstić information content (AvgIpc) is 2.40. The molecular weight excluding hydrogens is 268 g/mol. The zero-order valence-corrected chi connectivity index (χ0v) is 10.1. The Hall–Kier alpha value is -3.16. The van der Waals surface area contributed by atoms with Gasteiger partial charge in [0.25, 0.3) is 5.09 Å². The van der Waals surface area contributed by atoms with Gasteiger partial charge in [0.1, 0.15) is 5.75 Å². The lowest BCUT2D eigenvalue weighted by Crippen LogP contribution is -2.02. The fourth-order valence-electron chi connectivity index (χ4n) is 1.19. The highest BCUT2D eigenvalue weighted by Crippen LogP contribution is 2.23. The van der Waals surface area contributed by atoms with Crippen molar-refractivity contribution in [1.82, 2.24) is 0 Å². The molecule has 0 aliphatic rings. The van der Waals surface area contributed by atoms with Gasteiger partial charge in [0, 0.05) is 6.07 Å². The van der Waals surface area contributed by atoms with E-state index in [-0.39, 0.29) is 17.2 Å². The molecule has 20 heavy (non-hydrogen) atoms. The summed E-state index contributed by atoms with van der Waals surface area (Å²) in [4.78, 5) is 23.3. The first-order valence-electron chi connectivity index (χ1n) is 5.30. The van der Waals surface area contributed by atoms with E-state index in [1.807, 2.05) is 0 Å². The summed E-state index contributed by atoms with van der Waals surface area (Å²) in [6.07, 6.45) is 0. The molecule has 2 aromatic carbocycles. The molecule has 0 amide bonds. The van der Waals surface area contributed by atoms with E-state index < -0.39 is 10.0 Å². The van der Waals surface area contributed by atoms with Gasteiger partial charge in [-0.05, 0) is 18.2 Å². The second-order valence-electron chi connectivity index (χ2n) is 3.37. The topological polar surface area (TPSA) is 116 Å². The fourth-order valence-corrected chi connectivity index (χ4v) is 1.19. The molecule has 2 rings (SSSR count). The minimum atomic E-state index is -0.838. The number of phenolic OH excluding ortho intramolecular Hbond substituents is 1. The maximum atomic E-state index is 10.1. The Labute approximate surface area is 113 Å². The van der Waals surface area contributed by atoms with Gasteiger partial charge in [-0.3, -0.25) is 15.0 Å². The Balaban J connectivity index is 0.000000200. The number of benzene rings is 2. The molecule has 0 spiro atoms. The Morgan fingerprint density at radius 3 is 1.90 bits per heavy atom. The van der Waals surface area contributed by atoms with Gasteiger partial charge in [-0.1, -0.05) is 30.3 Å². The van der Waals surface area contributed by atoms with Crippen LogP contribution in [0.2, 0.25) is 0 Å². The van der Waals surface area contributed by atoms with Crippen molar-refractivity contribution in [3.05, 3.63) is 74.8 Å². The zero-order valence-electron chi connectivity index (χ0n) is 10.1. The van der Waals surface area contributed by atoms with Crippen LogP contribution in [0, 0.1) is 20.2 Å². The largest absolute Gasteiger partial charge is 0.502 e. The Bertz CT molecular complexity index is 588. The maximum absolute atomic E-state index is 10.1. The molecule has 0 atom stereocenters. The standard InChI is InChI=1S/2C6H5NO3/c8-7(9)10-6-4-2-1-3-5-6;8-6-4-2-1-3-5(6)7(9)10/h1-5H;1-4,8H. The van der Waals surface area contributed by atoms with Crippen LogP contribution in [-0.2, 0) is 0 Å². The lowest BCUT2D eigenvalue weighted by atomic mass is 10.3. The Morgan fingerprint density at radius 2 is 1.45 bits per heavy atom. The van der Waals surface area contributed by atoms with Gasteiger partial charge < -0.3 is 5.11 Å². The lowest BCUT2D eigenvalue weighted by molar-refractivity contribution is -0.711. The van der Waals surface area contributed by atoms with E-state index in [0.29, 0.717) is 0 Å². The lowest BCUT2D eigenvalue weighted by Gasteiger charge is -1.93. The normalized spacial score (nSPS) is 9.00. The van der Waals surface area contributed by atoms with E-state index in [1.54, 1.807) is 18.2 Å². The third kappa shape index (κ3) is 5.00. The van der Waals surface area contributed by atoms with Gasteiger partial charge in [-0.25, -0.2) is 0 Å². The summed E-state index contributed by atoms with van der Waals surface area (Å²) in [5.41, 5.74) is -0.262. The maximum Gasteiger partial charge on any atom is 0.310 e. The van der Waals surface area contributed by atoms with Crippen molar-refractivity contribution in [3.63, 3.8) is 0 Å². The number of hydrogen-bond acceptors (Lipinski definition) is 6. The van der Waals surface area contributed by atoms with Gasteiger partial charge in [0.05, 0.1) is 4.92 Å². The fraction of sp³-hybridized carbons (Fsp3) is 0. The van der Waals surface area contributed by atoms with Crippen molar-refractivity contribution in [1.29, 1.82) is 0 Å². The minimum absolute atomic E-state index is 0.243. The monoisotopic (exact) mass is 278 g/mol. The summed E-state index contributed by atoms with van der Waals surface area (Å²) >= 11 is 0. The molecule has 0 bridgehead atoms. The molecule has 0 aromatic heterocycles. The highest BCUT2D eigenvalue weighted by atomic mass is 17.0. The van der Waals surface area contributed by atoms with Crippen molar-refractivity contribution < 1.29 is 20.0 Å². The molecule has 0 heterocycles. The van der Waals surface area contributed by atoms with E-state index in [1.165, 1.54) is 36.4 Å².